The van der Waals surface area contributed by atoms with Crippen LogP contribution in [0.4, 0.5) is 15.8 Å². The summed E-state index contributed by atoms with van der Waals surface area (Å²) in [7, 11) is -4.04. The molecule has 1 aliphatic heterocycles. The summed E-state index contributed by atoms with van der Waals surface area (Å²) in [6.45, 7) is 4.52. The zero-order valence-corrected chi connectivity index (χ0v) is 18.5. The molecule has 0 aliphatic carbocycles. The summed E-state index contributed by atoms with van der Waals surface area (Å²) in [5.41, 5.74) is 2.45. The van der Waals surface area contributed by atoms with Crippen molar-refractivity contribution in [3.8, 4) is 0 Å². The number of nitrogens with one attached hydrogen (secondary N) is 1. The third-order valence-electron chi connectivity index (χ3n) is 5.44. The first-order chi connectivity index (χ1) is 15.3. The first kappa shape index (κ1) is 21.8. The third-order valence-corrected chi connectivity index (χ3v) is 6.81. The molecule has 1 saturated heterocycles. The molecule has 4 rings (SSSR count). The molecule has 1 aliphatic rings. The Hall–Kier alpha value is -3.39. The summed E-state index contributed by atoms with van der Waals surface area (Å²) < 4.78 is 41.6. The number of benzene rings is 3. The average molecular weight is 454 g/mol. The lowest BCUT2D eigenvalue weighted by molar-refractivity contribution is 0.0746. The number of halogens is 1. The van der Waals surface area contributed by atoms with Gasteiger partial charge < -0.3 is 9.80 Å². The number of rotatable bonds is 5. The molecule has 0 radical (unpaired) electrons. The molecular formula is C24H24FN3O3S. The van der Waals surface area contributed by atoms with Crippen LogP contribution in [0.25, 0.3) is 0 Å². The topological polar surface area (TPSA) is 69.7 Å². The van der Waals surface area contributed by atoms with Gasteiger partial charge in [0.05, 0.1) is 10.6 Å². The van der Waals surface area contributed by atoms with E-state index in [-0.39, 0.29) is 22.1 Å². The van der Waals surface area contributed by atoms with Crippen LogP contribution in [0.2, 0.25) is 0 Å². The average Bonchev–Trinajstić information content (AvgIpc) is 2.80. The Kier molecular flexibility index (Phi) is 6.14. The van der Waals surface area contributed by atoms with Crippen molar-refractivity contribution in [1.29, 1.82) is 0 Å². The largest absolute Gasteiger partial charge is 0.368 e. The molecule has 1 N–H and O–H groups in total. The van der Waals surface area contributed by atoms with E-state index in [1.807, 2.05) is 19.1 Å². The van der Waals surface area contributed by atoms with Crippen LogP contribution in [0.15, 0.2) is 77.7 Å². The van der Waals surface area contributed by atoms with Crippen LogP contribution >= 0.6 is 0 Å². The van der Waals surface area contributed by atoms with Crippen LogP contribution in [-0.2, 0) is 10.0 Å². The summed E-state index contributed by atoms with van der Waals surface area (Å²) in [6.07, 6.45) is 0. The van der Waals surface area contributed by atoms with Gasteiger partial charge in [0.25, 0.3) is 15.9 Å². The van der Waals surface area contributed by atoms with Crippen LogP contribution in [0, 0.1) is 12.7 Å². The van der Waals surface area contributed by atoms with Crippen molar-refractivity contribution in [2.24, 2.45) is 0 Å². The van der Waals surface area contributed by atoms with Crippen LogP contribution in [0.5, 0.6) is 0 Å². The van der Waals surface area contributed by atoms with E-state index < -0.39 is 15.8 Å². The van der Waals surface area contributed by atoms with Gasteiger partial charge in [-0.15, -0.1) is 0 Å². The van der Waals surface area contributed by atoms with E-state index in [4.69, 9.17) is 0 Å². The minimum Gasteiger partial charge on any atom is -0.368 e. The van der Waals surface area contributed by atoms with Crippen molar-refractivity contribution in [3.05, 3.63) is 89.7 Å². The maximum atomic E-state index is 13.9. The zero-order chi connectivity index (χ0) is 22.7. The maximum Gasteiger partial charge on any atom is 0.262 e. The van der Waals surface area contributed by atoms with E-state index in [2.05, 4.69) is 21.8 Å². The third kappa shape index (κ3) is 4.75. The van der Waals surface area contributed by atoms with E-state index in [9.17, 15) is 17.6 Å². The number of para-hydroxylation sites is 1. The lowest BCUT2D eigenvalue weighted by atomic mass is 10.1. The van der Waals surface area contributed by atoms with Crippen LogP contribution in [0.3, 0.4) is 0 Å². The molecule has 0 bridgehead atoms. The number of piperazine rings is 1. The van der Waals surface area contributed by atoms with Crippen molar-refractivity contribution >= 4 is 27.3 Å². The smallest absolute Gasteiger partial charge is 0.262 e. The Labute approximate surface area is 187 Å². The minimum atomic E-state index is -4.04. The van der Waals surface area contributed by atoms with Crippen LogP contribution in [-0.4, -0.2) is 45.4 Å². The monoisotopic (exact) mass is 453 g/mol. The highest BCUT2D eigenvalue weighted by Crippen LogP contribution is 2.22. The molecule has 8 heteroatoms. The molecule has 32 heavy (non-hydrogen) atoms. The summed E-state index contributed by atoms with van der Waals surface area (Å²) in [6, 6.07) is 19.6. The summed E-state index contributed by atoms with van der Waals surface area (Å²) in [4.78, 5) is 16.9. The maximum absolute atomic E-state index is 13.9. The highest BCUT2D eigenvalue weighted by atomic mass is 32.2. The second-order valence-electron chi connectivity index (χ2n) is 7.73. The fourth-order valence-electron chi connectivity index (χ4n) is 3.72. The van der Waals surface area contributed by atoms with Gasteiger partial charge in [0.15, 0.2) is 0 Å². The molecule has 0 spiro atoms. The molecule has 1 fully saturated rings. The second-order valence-corrected chi connectivity index (χ2v) is 9.41. The lowest BCUT2D eigenvalue weighted by Crippen LogP contribution is -2.48. The van der Waals surface area contributed by atoms with Gasteiger partial charge in [-0.05, 0) is 55.0 Å². The normalized spacial score (nSPS) is 14.3. The zero-order valence-electron chi connectivity index (χ0n) is 17.7. The quantitative estimate of drug-likeness (QED) is 0.636. The first-order valence-electron chi connectivity index (χ1n) is 10.3. The Bertz CT molecular complexity index is 1240. The first-order valence-corrected chi connectivity index (χ1v) is 11.8. The lowest BCUT2D eigenvalue weighted by Gasteiger charge is -2.36. The Morgan fingerprint density at radius 3 is 2.34 bits per heavy atom. The van der Waals surface area contributed by atoms with Crippen molar-refractivity contribution in [3.63, 3.8) is 0 Å². The summed E-state index contributed by atoms with van der Waals surface area (Å²) >= 11 is 0. The predicted molar refractivity (Wildman–Crippen MR) is 123 cm³/mol. The molecule has 0 aromatic heterocycles. The SMILES string of the molecule is Cc1cccc(N2CCN(C(=O)c3cccc(S(=O)(=O)Nc4ccccc4F)c3)CC2)c1. The fraction of sp³-hybridized carbons (Fsp3) is 0.208. The highest BCUT2D eigenvalue weighted by Gasteiger charge is 2.24. The van der Waals surface area contributed by atoms with Crippen LogP contribution in [0.1, 0.15) is 15.9 Å². The van der Waals surface area contributed by atoms with Gasteiger partial charge in [0, 0.05) is 37.4 Å². The van der Waals surface area contributed by atoms with E-state index in [1.54, 1.807) is 11.0 Å². The molecule has 6 nitrogen and oxygen atoms in total. The molecule has 1 amide bonds. The summed E-state index contributed by atoms with van der Waals surface area (Å²) in [5, 5.41) is 0. The van der Waals surface area contributed by atoms with E-state index in [0.29, 0.717) is 26.2 Å². The molecule has 0 saturated carbocycles. The Morgan fingerprint density at radius 1 is 0.906 bits per heavy atom. The number of sulfonamides is 1. The van der Waals surface area contributed by atoms with Gasteiger partial charge in [-0.2, -0.15) is 0 Å². The predicted octanol–water partition coefficient (Wildman–Crippen LogP) is 3.90. The molecule has 3 aromatic rings. The number of nitrogens with zero attached hydrogens (tertiary/aromatic N) is 2. The van der Waals surface area contributed by atoms with Crippen molar-refractivity contribution in [2.75, 3.05) is 35.8 Å². The Morgan fingerprint density at radius 2 is 1.62 bits per heavy atom. The van der Waals surface area contributed by atoms with Gasteiger partial charge in [-0.1, -0.05) is 30.3 Å². The van der Waals surface area contributed by atoms with Gasteiger partial charge in [0.1, 0.15) is 5.82 Å². The second kappa shape index (κ2) is 9.00. The minimum absolute atomic E-state index is 0.0926. The van der Waals surface area contributed by atoms with E-state index >= 15 is 0 Å². The molecule has 0 unspecified atom stereocenters. The molecule has 166 valence electrons. The highest BCUT2D eigenvalue weighted by molar-refractivity contribution is 7.92. The van der Waals surface area contributed by atoms with Gasteiger partial charge in [-0.3, -0.25) is 9.52 Å². The number of carbonyl (C=O) groups excluding carboxylic acids is 1. The fourth-order valence-corrected chi connectivity index (χ4v) is 4.83. The van der Waals surface area contributed by atoms with Gasteiger partial charge in [0.2, 0.25) is 0 Å². The molecular weight excluding hydrogens is 429 g/mol. The van der Waals surface area contributed by atoms with Crippen molar-refractivity contribution in [2.45, 2.75) is 11.8 Å². The number of aryl methyl sites for hydroxylation is 1. The van der Waals surface area contributed by atoms with Crippen LogP contribution < -0.4 is 9.62 Å². The van der Waals surface area contributed by atoms with E-state index in [0.717, 1.165) is 5.69 Å². The van der Waals surface area contributed by atoms with Crippen molar-refractivity contribution in [1.82, 2.24) is 4.90 Å². The number of hydrogen-bond donors (Lipinski definition) is 1. The van der Waals surface area contributed by atoms with E-state index in [1.165, 1.54) is 48.0 Å². The molecule has 1 heterocycles. The number of amides is 1. The standard InChI is InChI=1S/C24H24FN3O3S/c1-18-6-4-8-20(16-18)27-12-14-28(15-13-27)24(29)19-7-5-9-21(17-19)32(30,31)26-23-11-3-2-10-22(23)25/h2-11,16-17,26H,12-15H2,1H3. The van der Waals surface area contributed by atoms with Crippen molar-refractivity contribution < 1.29 is 17.6 Å². The number of carbonyl (C=O) groups is 1. The van der Waals surface area contributed by atoms with Gasteiger partial charge in [-0.25, -0.2) is 12.8 Å². The Balaban J connectivity index is 1.46. The number of anilines is 2. The molecule has 3 aromatic carbocycles. The molecule has 0 atom stereocenters. The summed E-state index contributed by atoms with van der Waals surface area (Å²) in [5.74, 6) is -0.897. The number of hydrogen-bond acceptors (Lipinski definition) is 4. The van der Waals surface area contributed by atoms with Gasteiger partial charge >= 0.3 is 0 Å².